The number of hydrogen-bond acceptors (Lipinski definition) is 3. The van der Waals surface area contributed by atoms with Crippen molar-refractivity contribution in [2.24, 2.45) is 0 Å². The predicted octanol–water partition coefficient (Wildman–Crippen LogP) is 0.882. The Kier molecular flexibility index (Phi) is 3.13. The van der Waals surface area contributed by atoms with Crippen LogP contribution in [0.1, 0.15) is 19.3 Å². The number of hydrogen-bond donors (Lipinski definition) is 1. The van der Waals surface area contributed by atoms with E-state index in [1.54, 1.807) is 0 Å². The van der Waals surface area contributed by atoms with Crippen LogP contribution in [0.2, 0.25) is 0 Å². The van der Waals surface area contributed by atoms with E-state index in [0.29, 0.717) is 0 Å². The highest BCUT2D eigenvalue weighted by molar-refractivity contribution is 5.85. The van der Waals surface area contributed by atoms with Gasteiger partial charge in [-0.2, -0.15) is 0 Å². The quantitative estimate of drug-likeness (QED) is 0.561. The van der Waals surface area contributed by atoms with Crippen molar-refractivity contribution in [3.63, 3.8) is 0 Å². The molecule has 0 saturated carbocycles. The van der Waals surface area contributed by atoms with Crippen molar-refractivity contribution in [2.75, 3.05) is 19.7 Å². The minimum absolute atomic E-state index is 0. The van der Waals surface area contributed by atoms with Gasteiger partial charge in [-0.1, -0.05) is 0 Å². The molecule has 4 heteroatoms. The highest BCUT2D eigenvalue weighted by atomic mass is 35.5. The predicted molar refractivity (Wildman–Crippen MR) is 43.7 cm³/mol. The zero-order chi connectivity index (χ0) is 6.86. The van der Waals surface area contributed by atoms with Crippen LogP contribution in [-0.4, -0.2) is 25.3 Å². The molecule has 2 heterocycles. The van der Waals surface area contributed by atoms with Crippen LogP contribution in [0, 0.1) is 0 Å². The van der Waals surface area contributed by atoms with Crippen LogP contribution in [0.5, 0.6) is 0 Å². The van der Waals surface area contributed by atoms with Gasteiger partial charge in [-0.05, 0) is 25.9 Å². The number of piperidine rings is 1. The van der Waals surface area contributed by atoms with E-state index in [9.17, 15) is 0 Å². The van der Waals surface area contributed by atoms with Gasteiger partial charge in [0.1, 0.15) is 5.60 Å². The number of nitrogens with one attached hydrogen (secondary N) is 1. The molecule has 2 aliphatic rings. The average Bonchev–Trinajstić information content (AvgIpc) is 2.39. The molecule has 0 radical (unpaired) electrons. The average molecular weight is 180 g/mol. The zero-order valence-corrected chi connectivity index (χ0v) is 7.28. The largest absolute Gasteiger partial charge is 0.317 e. The van der Waals surface area contributed by atoms with Crippen molar-refractivity contribution in [1.82, 2.24) is 5.32 Å². The van der Waals surface area contributed by atoms with E-state index >= 15 is 0 Å². The first-order valence-corrected chi connectivity index (χ1v) is 3.93. The highest BCUT2D eigenvalue weighted by Gasteiger charge is 2.37. The van der Waals surface area contributed by atoms with Crippen molar-refractivity contribution >= 4 is 12.4 Å². The standard InChI is InChI=1S/C7H13NO2.ClH/c1-4-8-5-2-7(1)3-6-9-10-7;/h8H,1-6H2;1H. The second-order valence-electron chi connectivity index (χ2n) is 3.09. The summed E-state index contributed by atoms with van der Waals surface area (Å²) in [5, 5.41) is 3.30. The first kappa shape index (κ1) is 9.26. The topological polar surface area (TPSA) is 30.5 Å². The zero-order valence-electron chi connectivity index (χ0n) is 6.47. The summed E-state index contributed by atoms with van der Waals surface area (Å²) in [4.78, 5) is 10.2. The molecule has 0 unspecified atom stereocenters. The van der Waals surface area contributed by atoms with Crippen molar-refractivity contribution in [2.45, 2.75) is 24.9 Å². The van der Waals surface area contributed by atoms with E-state index in [1.165, 1.54) is 0 Å². The van der Waals surface area contributed by atoms with Crippen LogP contribution in [-0.2, 0) is 9.78 Å². The second kappa shape index (κ2) is 3.72. The van der Waals surface area contributed by atoms with Crippen molar-refractivity contribution in [3.8, 4) is 0 Å². The van der Waals surface area contributed by atoms with Crippen LogP contribution < -0.4 is 5.32 Å². The minimum Gasteiger partial charge on any atom is -0.317 e. The molecule has 11 heavy (non-hydrogen) atoms. The van der Waals surface area contributed by atoms with Crippen LogP contribution in [0.3, 0.4) is 0 Å². The SMILES string of the molecule is C1CC2(CCN1)CCOO2.Cl. The summed E-state index contributed by atoms with van der Waals surface area (Å²) in [6.45, 7) is 2.92. The van der Waals surface area contributed by atoms with Gasteiger partial charge in [0.25, 0.3) is 0 Å². The Morgan fingerprint density at radius 3 is 2.36 bits per heavy atom. The fraction of sp³-hybridized carbons (Fsp3) is 1.00. The summed E-state index contributed by atoms with van der Waals surface area (Å²) in [5.74, 6) is 0. The molecule has 66 valence electrons. The van der Waals surface area contributed by atoms with E-state index in [-0.39, 0.29) is 18.0 Å². The van der Waals surface area contributed by atoms with Crippen LogP contribution in [0.25, 0.3) is 0 Å². The van der Waals surface area contributed by atoms with Crippen molar-refractivity contribution < 1.29 is 9.78 Å². The summed E-state index contributed by atoms with van der Waals surface area (Å²) < 4.78 is 0. The Morgan fingerprint density at radius 2 is 1.82 bits per heavy atom. The first-order valence-electron chi connectivity index (χ1n) is 3.93. The van der Waals surface area contributed by atoms with Gasteiger partial charge in [0.2, 0.25) is 0 Å². The Balaban J connectivity index is 0.000000605. The Bertz CT molecular complexity index is 118. The van der Waals surface area contributed by atoms with Gasteiger partial charge in [-0.25, -0.2) is 9.78 Å². The Morgan fingerprint density at radius 1 is 1.09 bits per heavy atom. The molecular weight excluding hydrogens is 166 g/mol. The van der Waals surface area contributed by atoms with E-state index in [0.717, 1.165) is 39.0 Å². The van der Waals surface area contributed by atoms with Gasteiger partial charge < -0.3 is 5.32 Å². The van der Waals surface area contributed by atoms with Gasteiger partial charge in [0.05, 0.1) is 6.61 Å². The molecule has 0 atom stereocenters. The van der Waals surface area contributed by atoms with E-state index < -0.39 is 0 Å². The van der Waals surface area contributed by atoms with Gasteiger partial charge in [0.15, 0.2) is 0 Å². The fourth-order valence-electron chi connectivity index (χ4n) is 1.65. The van der Waals surface area contributed by atoms with E-state index in [4.69, 9.17) is 9.78 Å². The monoisotopic (exact) mass is 179 g/mol. The maximum atomic E-state index is 5.24. The molecule has 2 aliphatic heterocycles. The van der Waals surface area contributed by atoms with Crippen LogP contribution >= 0.6 is 12.4 Å². The van der Waals surface area contributed by atoms with Crippen LogP contribution in [0.15, 0.2) is 0 Å². The molecule has 3 nitrogen and oxygen atoms in total. The Hall–Kier alpha value is 0.170. The van der Waals surface area contributed by atoms with E-state index in [2.05, 4.69) is 5.32 Å². The molecule has 1 N–H and O–H groups in total. The normalized spacial score (nSPS) is 28.4. The van der Waals surface area contributed by atoms with Gasteiger partial charge >= 0.3 is 0 Å². The molecule has 0 amide bonds. The summed E-state index contributed by atoms with van der Waals surface area (Å²) in [6, 6.07) is 0. The molecule has 0 bridgehead atoms. The van der Waals surface area contributed by atoms with Crippen LogP contribution in [0.4, 0.5) is 0 Å². The lowest BCUT2D eigenvalue weighted by Gasteiger charge is -2.29. The molecule has 0 aromatic carbocycles. The molecule has 2 rings (SSSR count). The molecule has 0 aromatic heterocycles. The molecule has 0 aromatic rings. The van der Waals surface area contributed by atoms with Gasteiger partial charge in [-0.3, -0.25) is 0 Å². The fourth-order valence-corrected chi connectivity index (χ4v) is 1.65. The number of halogens is 1. The third-order valence-corrected chi connectivity index (χ3v) is 2.39. The maximum Gasteiger partial charge on any atom is 0.108 e. The Labute approximate surface area is 72.8 Å². The van der Waals surface area contributed by atoms with Crippen molar-refractivity contribution in [3.05, 3.63) is 0 Å². The highest BCUT2D eigenvalue weighted by Crippen LogP contribution is 2.31. The van der Waals surface area contributed by atoms with Crippen molar-refractivity contribution in [1.29, 1.82) is 0 Å². The molecule has 0 aliphatic carbocycles. The third kappa shape index (κ3) is 1.85. The molecule has 1 spiro atoms. The smallest absolute Gasteiger partial charge is 0.108 e. The summed E-state index contributed by atoms with van der Waals surface area (Å²) in [5.41, 5.74) is 0.0885. The minimum atomic E-state index is 0. The van der Waals surface area contributed by atoms with Gasteiger partial charge in [0, 0.05) is 6.42 Å². The second-order valence-corrected chi connectivity index (χ2v) is 3.09. The lowest BCUT2D eigenvalue weighted by molar-refractivity contribution is -0.313. The number of rotatable bonds is 0. The summed E-state index contributed by atoms with van der Waals surface area (Å²) in [6.07, 6.45) is 3.29. The molecule has 2 saturated heterocycles. The lowest BCUT2D eigenvalue weighted by atomic mass is 9.90. The summed E-state index contributed by atoms with van der Waals surface area (Å²) >= 11 is 0. The first-order chi connectivity index (χ1) is 4.91. The molecule has 2 fully saturated rings. The third-order valence-electron chi connectivity index (χ3n) is 2.39. The van der Waals surface area contributed by atoms with E-state index in [1.807, 2.05) is 0 Å². The lowest BCUT2D eigenvalue weighted by Crippen LogP contribution is -2.41. The maximum absolute atomic E-state index is 5.24. The van der Waals surface area contributed by atoms with Gasteiger partial charge in [-0.15, -0.1) is 12.4 Å². The summed E-state index contributed by atoms with van der Waals surface area (Å²) in [7, 11) is 0. The molecular formula is C7H14ClNO2.